The fraction of sp³-hybridized carbons (Fsp3) is 0.200. The Labute approximate surface area is 131 Å². The Bertz CT molecular complexity index is 692. The van der Waals surface area contributed by atoms with Crippen LogP contribution in [-0.4, -0.2) is 27.9 Å². The van der Waals surface area contributed by atoms with Gasteiger partial charge < -0.3 is 9.84 Å². The molecule has 3 rings (SSSR count). The van der Waals surface area contributed by atoms with E-state index in [0.717, 1.165) is 28.4 Å². The Morgan fingerprint density at radius 1 is 1.43 bits per heavy atom. The van der Waals surface area contributed by atoms with Gasteiger partial charge in [-0.05, 0) is 35.9 Å². The topological polar surface area (TPSA) is 59.4 Å². The summed E-state index contributed by atoms with van der Waals surface area (Å²) in [5.41, 5.74) is 1.18. The average molecular weight is 322 g/mol. The highest BCUT2D eigenvalue weighted by Gasteiger charge is 2.23. The molecule has 2 aromatic rings. The van der Waals surface area contributed by atoms with Crippen molar-refractivity contribution in [1.82, 2.24) is 4.98 Å². The van der Waals surface area contributed by atoms with Crippen LogP contribution < -0.4 is 4.74 Å². The first-order valence-electron chi connectivity index (χ1n) is 6.39. The average Bonchev–Trinajstić information content (AvgIpc) is 2.87. The van der Waals surface area contributed by atoms with Crippen LogP contribution in [0.2, 0.25) is 5.02 Å². The van der Waals surface area contributed by atoms with E-state index in [1.54, 1.807) is 23.9 Å². The molecule has 1 aromatic heterocycles. The SMILES string of the molecule is O=C(O)c1cc(SCC2Cc3cc(Cl)ccc3O2)ccn1. The van der Waals surface area contributed by atoms with E-state index in [2.05, 4.69) is 4.98 Å². The number of aromatic nitrogens is 1. The molecule has 2 heterocycles. The lowest BCUT2D eigenvalue weighted by atomic mass is 10.1. The number of aromatic carboxylic acids is 1. The van der Waals surface area contributed by atoms with Crippen LogP contribution in [0.15, 0.2) is 41.4 Å². The van der Waals surface area contributed by atoms with Crippen molar-refractivity contribution in [1.29, 1.82) is 0 Å². The second kappa shape index (κ2) is 5.95. The summed E-state index contributed by atoms with van der Waals surface area (Å²) >= 11 is 7.53. The van der Waals surface area contributed by atoms with Gasteiger partial charge in [-0.3, -0.25) is 0 Å². The third-order valence-corrected chi connectivity index (χ3v) is 4.51. The first-order chi connectivity index (χ1) is 10.1. The lowest BCUT2D eigenvalue weighted by molar-refractivity contribution is 0.0690. The number of carboxylic acid groups (broad SMARTS) is 1. The van der Waals surface area contributed by atoms with Crippen LogP contribution in [0.5, 0.6) is 5.75 Å². The molecule has 1 unspecified atom stereocenters. The minimum Gasteiger partial charge on any atom is -0.489 e. The van der Waals surface area contributed by atoms with Gasteiger partial charge in [-0.25, -0.2) is 9.78 Å². The number of benzene rings is 1. The number of ether oxygens (including phenoxy) is 1. The van der Waals surface area contributed by atoms with Gasteiger partial charge in [-0.1, -0.05) is 11.6 Å². The van der Waals surface area contributed by atoms with E-state index in [-0.39, 0.29) is 11.8 Å². The molecule has 4 nitrogen and oxygen atoms in total. The normalized spacial score (nSPS) is 16.3. The van der Waals surface area contributed by atoms with Gasteiger partial charge in [0.05, 0.1) is 0 Å². The van der Waals surface area contributed by atoms with Crippen LogP contribution in [0.1, 0.15) is 16.1 Å². The summed E-state index contributed by atoms with van der Waals surface area (Å²) in [5, 5.41) is 9.64. The second-order valence-corrected chi connectivity index (χ2v) is 6.22. The molecule has 0 bridgehead atoms. The number of carbonyl (C=O) groups is 1. The van der Waals surface area contributed by atoms with Gasteiger partial charge in [0.15, 0.2) is 0 Å². The van der Waals surface area contributed by atoms with Crippen molar-refractivity contribution in [3.05, 3.63) is 52.8 Å². The van der Waals surface area contributed by atoms with Crippen molar-refractivity contribution in [2.75, 3.05) is 5.75 Å². The first kappa shape index (κ1) is 14.2. The lowest BCUT2D eigenvalue weighted by Gasteiger charge is -2.10. The molecule has 21 heavy (non-hydrogen) atoms. The molecular formula is C15H12ClNO3S. The van der Waals surface area contributed by atoms with Gasteiger partial charge in [0.1, 0.15) is 17.5 Å². The Balaban J connectivity index is 1.62. The predicted molar refractivity (Wildman–Crippen MR) is 81.5 cm³/mol. The summed E-state index contributed by atoms with van der Waals surface area (Å²) in [7, 11) is 0. The molecule has 6 heteroatoms. The monoisotopic (exact) mass is 321 g/mol. The molecular weight excluding hydrogens is 310 g/mol. The van der Waals surface area contributed by atoms with Crippen LogP contribution in [0.25, 0.3) is 0 Å². The highest BCUT2D eigenvalue weighted by Crippen LogP contribution is 2.33. The predicted octanol–water partition coefficient (Wildman–Crippen LogP) is 3.53. The molecule has 0 aliphatic carbocycles. The number of hydrogen-bond acceptors (Lipinski definition) is 4. The Morgan fingerprint density at radius 3 is 3.10 bits per heavy atom. The van der Waals surface area contributed by atoms with Crippen molar-refractivity contribution in [2.24, 2.45) is 0 Å². The molecule has 0 fully saturated rings. The quantitative estimate of drug-likeness (QED) is 0.873. The number of pyridine rings is 1. The summed E-state index contributed by atoms with van der Waals surface area (Å²) in [5.74, 6) is 0.609. The van der Waals surface area contributed by atoms with E-state index in [9.17, 15) is 4.79 Å². The third kappa shape index (κ3) is 3.31. The molecule has 1 aliphatic heterocycles. The molecule has 0 saturated carbocycles. The highest BCUT2D eigenvalue weighted by atomic mass is 35.5. The Hall–Kier alpha value is -1.72. The molecule has 0 radical (unpaired) electrons. The molecule has 1 aliphatic rings. The van der Waals surface area contributed by atoms with Gasteiger partial charge in [0.2, 0.25) is 0 Å². The van der Waals surface area contributed by atoms with Gasteiger partial charge in [0, 0.05) is 28.3 Å². The number of carboxylic acids is 1. The molecule has 1 atom stereocenters. The van der Waals surface area contributed by atoms with E-state index >= 15 is 0 Å². The van der Waals surface area contributed by atoms with Gasteiger partial charge in [0.25, 0.3) is 0 Å². The zero-order chi connectivity index (χ0) is 14.8. The van der Waals surface area contributed by atoms with Crippen LogP contribution in [0, 0.1) is 0 Å². The fourth-order valence-corrected chi connectivity index (χ4v) is 3.30. The zero-order valence-corrected chi connectivity index (χ0v) is 12.5. The van der Waals surface area contributed by atoms with Gasteiger partial charge >= 0.3 is 5.97 Å². The standard InChI is InChI=1S/C15H12ClNO3S/c16-10-1-2-14-9(5-10)6-11(20-14)8-21-12-3-4-17-13(7-12)15(18)19/h1-5,7,11H,6,8H2,(H,18,19). The summed E-state index contributed by atoms with van der Waals surface area (Å²) in [6.45, 7) is 0. The van der Waals surface area contributed by atoms with Crippen molar-refractivity contribution >= 4 is 29.3 Å². The molecule has 0 saturated heterocycles. The summed E-state index contributed by atoms with van der Waals surface area (Å²) in [6, 6.07) is 9.01. The fourth-order valence-electron chi connectivity index (χ4n) is 2.19. The first-order valence-corrected chi connectivity index (χ1v) is 7.75. The van der Waals surface area contributed by atoms with E-state index in [0.29, 0.717) is 5.02 Å². The lowest BCUT2D eigenvalue weighted by Crippen LogP contribution is -2.15. The van der Waals surface area contributed by atoms with E-state index in [1.807, 2.05) is 18.2 Å². The minimum atomic E-state index is -1.02. The maximum atomic E-state index is 10.9. The summed E-state index contributed by atoms with van der Waals surface area (Å²) in [4.78, 5) is 15.6. The molecule has 0 spiro atoms. The van der Waals surface area contributed by atoms with Crippen LogP contribution in [-0.2, 0) is 6.42 Å². The maximum absolute atomic E-state index is 10.9. The van der Waals surface area contributed by atoms with Crippen molar-refractivity contribution in [3.63, 3.8) is 0 Å². The molecule has 1 aromatic carbocycles. The number of rotatable bonds is 4. The highest BCUT2D eigenvalue weighted by molar-refractivity contribution is 7.99. The molecule has 0 amide bonds. The van der Waals surface area contributed by atoms with Gasteiger partial charge in [-0.15, -0.1) is 11.8 Å². The largest absolute Gasteiger partial charge is 0.489 e. The summed E-state index contributed by atoms with van der Waals surface area (Å²) in [6.07, 6.45) is 2.40. The van der Waals surface area contributed by atoms with Crippen LogP contribution in [0.3, 0.4) is 0 Å². The maximum Gasteiger partial charge on any atom is 0.354 e. The third-order valence-electron chi connectivity index (χ3n) is 3.15. The van der Waals surface area contributed by atoms with E-state index < -0.39 is 5.97 Å². The minimum absolute atomic E-state index is 0.0578. The van der Waals surface area contributed by atoms with E-state index in [1.165, 1.54) is 6.20 Å². The second-order valence-electron chi connectivity index (χ2n) is 4.69. The molecule has 1 N–H and O–H groups in total. The van der Waals surface area contributed by atoms with Gasteiger partial charge in [-0.2, -0.15) is 0 Å². The van der Waals surface area contributed by atoms with E-state index in [4.69, 9.17) is 21.4 Å². The van der Waals surface area contributed by atoms with Crippen molar-refractivity contribution in [3.8, 4) is 5.75 Å². The Kier molecular flexibility index (Phi) is 4.03. The smallest absolute Gasteiger partial charge is 0.354 e. The van der Waals surface area contributed by atoms with Crippen molar-refractivity contribution in [2.45, 2.75) is 17.4 Å². The van der Waals surface area contributed by atoms with Crippen LogP contribution >= 0.6 is 23.4 Å². The Morgan fingerprint density at radius 2 is 2.29 bits per heavy atom. The zero-order valence-electron chi connectivity index (χ0n) is 11.0. The number of thioether (sulfide) groups is 1. The number of fused-ring (bicyclic) bond motifs is 1. The van der Waals surface area contributed by atoms with Crippen molar-refractivity contribution < 1.29 is 14.6 Å². The molecule has 108 valence electrons. The number of halogens is 1. The number of hydrogen-bond donors (Lipinski definition) is 1. The van der Waals surface area contributed by atoms with Crippen LogP contribution in [0.4, 0.5) is 0 Å². The summed E-state index contributed by atoms with van der Waals surface area (Å²) < 4.78 is 5.85. The number of nitrogens with zero attached hydrogens (tertiary/aromatic N) is 1.